The van der Waals surface area contributed by atoms with Gasteiger partial charge < -0.3 is 0 Å². The van der Waals surface area contributed by atoms with Gasteiger partial charge in [0.25, 0.3) is 0 Å². The molecule has 78 valence electrons. The highest BCUT2D eigenvalue weighted by Crippen LogP contribution is 2.09. The largest absolute Gasteiger partial charge is 0.241 e. The fourth-order valence-electron chi connectivity index (χ4n) is 1.49. The Hall–Kier alpha value is -1.22. The van der Waals surface area contributed by atoms with Gasteiger partial charge in [0, 0.05) is 6.20 Å². The van der Waals surface area contributed by atoms with E-state index in [9.17, 15) is 0 Å². The fourth-order valence-corrected chi connectivity index (χ4v) is 1.65. The molecule has 2 rings (SSSR count). The number of para-hydroxylation sites is 1. The Bertz CT molecular complexity index is 409. The number of thiol groups is 1. The maximum atomic E-state index is 4.33. The zero-order chi connectivity index (χ0) is 10.5. The first-order chi connectivity index (χ1) is 7.40. The van der Waals surface area contributed by atoms with Crippen molar-refractivity contribution in [2.75, 3.05) is 5.75 Å². The summed E-state index contributed by atoms with van der Waals surface area (Å²) in [5.74, 6) is 0.927. The van der Waals surface area contributed by atoms with Crippen LogP contribution in [0.5, 0.6) is 0 Å². The van der Waals surface area contributed by atoms with Crippen molar-refractivity contribution in [3.63, 3.8) is 0 Å². The van der Waals surface area contributed by atoms with Crippen molar-refractivity contribution in [3.8, 4) is 5.69 Å². The second kappa shape index (κ2) is 5.03. The fraction of sp³-hybridized carbons (Fsp3) is 0.250. The third-order valence-electron chi connectivity index (χ3n) is 2.28. The van der Waals surface area contributed by atoms with E-state index in [1.807, 2.05) is 29.1 Å². The van der Waals surface area contributed by atoms with Crippen molar-refractivity contribution in [3.05, 3.63) is 48.3 Å². The molecule has 0 saturated carbocycles. The molecule has 15 heavy (non-hydrogen) atoms. The molecule has 0 amide bonds. The Morgan fingerprint density at radius 1 is 1.20 bits per heavy atom. The third-order valence-corrected chi connectivity index (χ3v) is 2.60. The number of hydrogen-bond donors (Lipinski definition) is 1. The minimum atomic E-state index is 0.927. The highest BCUT2D eigenvalue weighted by atomic mass is 32.1. The number of hydrogen-bond acceptors (Lipinski definition) is 2. The molecule has 0 saturated heterocycles. The number of benzene rings is 1. The monoisotopic (exact) mass is 218 g/mol. The number of aryl methyl sites for hydroxylation is 1. The second-order valence-electron chi connectivity index (χ2n) is 3.46. The van der Waals surface area contributed by atoms with E-state index < -0.39 is 0 Å². The molecule has 0 N–H and O–H groups in total. The van der Waals surface area contributed by atoms with Crippen LogP contribution in [0.1, 0.15) is 12.0 Å². The predicted octanol–water partition coefficient (Wildman–Crippen LogP) is 2.73. The van der Waals surface area contributed by atoms with E-state index in [0.29, 0.717) is 0 Å². The van der Waals surface area contributed by atoms with Gasteiger partial charge in [0.05, 0.1) is 11.9 Å². The summed E-state index contributed by atoms with van der Waals surface area (Å²) < 4.78 is 1.91. The van der Waals surface area contributed by atoms with Crippen molar-refractivity contribution in [2.24, 2.45) is 0 Å². The lowest BCUT2D eigenvalue weighted by atomic mass is 10.2. The molecule has 0 unspecified atom stereocenters. The summed E-state index contributed by atoms with van der Waals surface area (Å²) in [6.45, 7) is 0. The molecule has 2 aromatic rings. The third kappa shape index (κ3) is 2.63. The Morgan fingerprint density at radius 2 is 2.00 bits per heavy atom. The van der Waals surface area contributed by atoms with Crippen LogP contribution in [0.3, 0.4) is 0 Å². The van der Waals surface area contributed by atoms with E-state index in [-0.39, 0.29) is 0 Å². The predicted molar refractivity (Wildman–Crippen MR) is 65.7 cm³/mol. The lowest BCUT2D eigenvalue weighted by molar-refractivity contribution is 0.878. The van der Waals surface area contributed by atoms with Crippen LogP contribution in [-0.2, 0) is 6.42 Å². The molecule has 0 aliphatic heterocycles. The molecule has 0 radical (unpaired) electrons. The zero-order valence-corrected chi connectivity index (χ0v) is 9.40. The first-order valence-corrected chi connectivity index (χ1v) is 5.73. The molecule has 1 heterocycles. The number of nitrogens with zero attached hydrogens (tertiary/aromatic N) is 2. The van der Waals surface area contributed by atoms with E-state index in [1.54, 1.807) is 0 Å². The maximum absolute atomic E-state index is 4.33. The molecule has 0 aliphatic carbocycles. The molecule has 0 aliphatic rings. The summed E-state index contributed by atoms with van der Waals surface area (Å²) in [7, 11) is 0. The van der Waals surface area contributed by atoms with Crippen molar-refractivity contribution >= 4 is 12.6 Å². The molecular formula is C12H14N2S. The molecular weight excluding hydrogens is 204 g/mol. The average Bonchev–Trinajstić information content (AvgIpc) is 2.76. The Labute approximate surface area is 95.3 Å². The topological polar surface area (TPSA) is 17.8 Å². The highest BCUT2D eigenvalue weighted by Gasteiger charge is 1.99. The quantitative estimate of drug-likeness (QED) is 0.781. The molecule has 0 atom stereocenters. The van der Waals surface area contributed by atoms with E-state index in [1.165, 1.54) is 5.56 Å². The normalized spacial score (nSPS) is 10.5. The molecule has 0 fully saturated rings. The van der Waals surface area contributed by atoms with Gasteiger partial charge in [-0.25, -0.2) is 4.68 Å². The van der Waals surface area contributed by atoms with Gasteiger partial charge >= 0.3 is 0 Å². The smallest absolute Gasteiger partial charge is 0.0645 e. The summed E-state index contributed by atoms with van der Waals surface area (Å²) in [5, 5.41) is 4.33. The Kier molecular flexibility index (Phi) is 3.45. The summed E-state index contributed by atoms with van der Waals surface area (Å²) in [6.07, 6.45) is 6.16. The molecule has 0 bridgehead atoms. The molecule has 1 aromatic carbocycles. The van der Waals surface area contributed by atoms with Gasteiger partial charge in [-0.3, -0.25) is 0 Å². The molecule has 0 spiro atoms. The molecule has 2 nitrogen and oxygen atoms in total. The van der Waals surface area contributed by atoms with Crippen LogP contribution in [0.25, 0.3) is 5.69 Å². The van der Waals surface area contributed by atoms with Crippen LogP contribution in [0.4, 0.5) is 0 Å². The molecule has 3 heteroatoms. The van der Waals surface area contributed by atoms with Crippen molar-refractivity contribution in [1.29, 1.82) is 0 Å². The minimum Gasteiger partial charge on any atom is -0.241 e. The van der Waals surface area contributed by atoms with Crippen LogP contribution in [0.15, 0.2) is 42.7 Å². The summed E-state index contributed by atoms with van der Waals surface area (Å²) in [5.41, 5.74) is 2.38. The highest BCUT2D eigenvalue weighted by molar-refractivity contribution is 7.80. The second-order valence-corrected chi connectivity index (χ2v) is 3.90. The first kappa shape index (κ1) is 10.3. The first-order valence-electron chi connectivity index (χ1n) is 5.10. The van der Waals surface area contributed by atoms with Crippen molar-refractivity contribution in [2.45, 2.75) is 12.8 Å². The van der Waals surface area contributed by atoms with Crippen LogP contribution >= 0.6 is 12.6 Å². The summed E-state index contributed by atoms with van der Waals surface area (Å²) >= 11 is 4.20. The minimum absolute atomic E-state index is 0.927. The van der Waals surface area contributed by atoms with Crippen LogP contribution in [0, 0.1) is 0 Å². The Balaban J connectivity index is 2.14. The van der Waals surface area contributed by atoms with Crippen LogP contribution in [0.2, 0.25) is 0 Å². The lowest BCUT2D eigenvalue weighted by Gasteiger charge is -1.98. The van der Waals surface area contributed by atoms with Crippen LogP contribution in [-0.4, -0.2) is 15.5 Å². The Morgan fingerprint density at radius 3 is 2.73 bits per heavy atom. The van der Waals surface area contributed by atoms with Crippen LogP contribution < -0.4 is 0 Å². The van der Waals surface area contributed by atoms with Crippen molar-refractivity contribution in [1.82, 2.24) is 9.78 Å². The standard InChI is InChI=1S/C12H14N2S/c15-8-4-5-11-9-13-14(10-11)12-6-2-1-3-7-12/h1-3,6-7,9-10,15H,4-5,8H2. The van der Waals surface area contributed by atoms with Crippen molar-refractivity contribution < 1.29 is 0 Å². The van der Waals surface area contributed by atoms with E-state index in [2.05, 4.69) is 36.1 Å². The maximum Gasteiger partial charge on any atom is 0.0645 e. The van der Waals surface area contributed by atoms with Gasteiger partial charge in [-0.15, -0.1) is 0 Å². The van der Waals surface area contributed by atoms with Gasteiger partial charge in [-0.2, -0.15) is 17.7 Å². The van der Waals surface area contributed by atoms with Gasteiger partial charge in [0.1, 0.15) is 0 Å². The summed E-state index contributed by atoms with van der Waals surface area (Å²) in [4.78, 5) is 0. The van der Waals surface area contributed by atoms with E-state index in [0.717, 1.165) is 24.3 Å². The van der Waals surface area contributed by atoms with Gasteiger partial charge in [0.15, 0.2) is 0 Å². The lowest BCUT2D eigenvalue weighted by Crippen LogP contribution is -1.92. The zero-order valence-electron chi connectivity index (χ0n) is 8.50. The number of aromatic nitrogens is 2. The molecule has 1 aromatic heterocycles. The van der Waals surface area contributed by atoms with E-state index in [4.69, 9.17) is 0 Å². The average molecular weight is 218 g/mol. The summed E-state index contributed by atoms with van der Waals surface area (Å²) in [6, 6.07) is 10.1. The van der Waals surface area contributed by atoms with Gasteiger partial charge in [-0.05, 0) is 36.3 Å². The van der Waals surface area contributed by atoms with Gasteiger partial charge in [-0.1, -0.05) is 18.2 Å². The van der Waals surface area contributed by atoms with E-state index >= 15 is 0 Å². The SMILES string of the molecule is SCCCc1cnn(-c2ccccc2)c1. The van der Waals surface area contributed by atoms with Gasteiger partial charge in [0.2, 0.25) is 0 Å². The number of rotatable bonds is 4.